The van der Waals surface area contributed by atoms with Gasteiger partial charge >= 0.3 is 0 Å². The Hall–Kier alpha value is -1.55. The molecule has 0 spiro atoms. The molecule has 21 heavy (non-hydrogen) atoms. The molecule has 0 radical (unpaired) electrons. The molecule has 1 aromatic rings. The highest BCUT2D eigenvalue weighted by molar-refractivity contribution is 5.89. The fraction of sp³-hybridized carbons (Fsp3) is 0.588. The zero-order valence-corrected chi connectivity index (χ0v) is 13.0. The van der Waals surface area contributed by atoms with Crippen molar-refractivity contribution in [1.29, 1.82) is 0 Å². The predicted molar refractivity (Wildman–Crippen MR) is 84.4 cm³/mol. The Labute approximate surface area is 126 Å². The molecule has 1 saturated carbocycles. The highest BCUT2D eigenvalue weighted by Gasteiger charge is 2.57. The summed E-state index contributed by atoms with van der Waals surface area (Å²) in [6.07, 6.45) is 2.76. The van der Waals surface area contributed by atoms with Crippen molar-refractivity contribution in [3.63, 3.8) is 0 Å². The summed E-state index contributed by atoms with van der Waals surface area (Å²) >= 11 is 0. The third-order valence-corrected chi connectivity index (χ3v) is 4.84. The summed E-state index contributed by atoms with van der Waals surface area (Å²) in [5.74, 6) is 0.551. The highest BCUT2D eigenvalue weighted by Crippen LogP contribution is 2.52. The molecule has 1 aliphatic heterocycles. The molecule has 2 N–H and O–H groups in total. The minimum absolute atomic E-state index is 0.0446. The number of anilines is 2. The van der Waals surface area contributed by atoms with Crippen LogP contribution < -0.4 is 10.6 Å². The Morgan fingerprint density at radius 1 is 1.33 bits per heavy atom. The summed E-state index contributed by atoms with van der Waals surface area (Å²) in [7, 11) is 0. The van der Waals surface area contributed by atoms with E-state index in [1.165, 1.54) is 13.3 Å². The molecule has 3 rings (SSSR count). The van der Waals surface area contributed by atoms with Crippen LogP contribution in [0.25, 0.3) is 0 Å². The van der Waals surface area contributed by atoms with Crippen molar-refractivity contribution in [2.75, 3.05) is 17.2 Å². The van der Waals surface area contributed by atoms with E-state index in [1.54, 1.807) is 0 Å². The van der Waals surface area contributed by atoms with E-state index in [9.17, 15) is 4.79 Å². The van der Waals surface area contributed by atoms with Crippen LogP contribution >= 0.6 is 0 Å². The predicted octanol–water partition coefficient (Wildman–Crippen LogP) is 3.26. The van der Waals surface area contributed by atoms with Crippen LogP contribution in [0, 0.1) is 11.3 Å². The molecular weight excluding hydrogens is 264 g/mol. The quantitative estimate of drug-likeness (QED) is 0.897. The van der Waals surface area contributed by atoms with E-state index in [0.717, 1.165) is 24.4 Å². The zero-order valence-electron chi connectivity index (χ0n) is 13.0. The summed E-state index contributed by atoms with van der Waals surface area (Å²) in [5, 5.41) is 6.48. The van der Waals surface area contributed by atoms with Crippen molar-refractivity contribution in [1.82, 2.24) is 0 Å². The Kier molecular flexibility index (Phi) is 3.66. The highest BCUT2D eigenvalue weighted by atomic mass is 16.5. The minimum Gasteiger partial charge on any atom is -0.381 e. The first-order valence-electron chi connectivity index (χ1n) is 7.74. The standard InChI is InChI=1S/C17H24N2O2/c1-11(20)18-12-6-4-7-13(10-12)19-15-14-8-5-9-21-16(14)17(15,2)3/h4,6-7,10,14-16,19H,5,8-9H2,1-3H3,(H,18,20). The van der Waals surface area contributed by atoms with Crippen molar-refractivity contribution < 1.29 is 9.53 Å². The maximum Gasteiger partial charge on any atom is 0.221 e. The van der Waals surface area contributed by atoms with Crippen LogP contribution in [0.5, 0.6) is 0 Å². The van der Waals surface area contributed by atoms with Gasteiger partial charge in [-0.05, 0) is 31.0 Å². The van der Waals surface area contributed by atoms with Crippen LogP contribution in [-0.4, -0.2) is 24.7 Å². The minimum atomic E-state index is -0.0446. The van der Waals surface area contributed by atoms with Gasteiger partial charge in [-0.15, -0.1) is 0 Å². The van der Waals surface area contributed by atoms with Crippen molar-refractivity contribution in [3.05, 3.63) is 24.3 Å². The molecule has 2 aliphatic rings. The van der Waals surface area contributed by atoms with Crippen molar-refractivity contribution in [3.8, 4) is 0 Å². The van der Waals surface area contributed by atoms with Crippen LogP contribution in [0.4, 0.5) is 11.4 Å². The lowest BCUT2D eigenvalue weighted by Gasteiger charge is -2.60. The zero-order chi connectivity index (χ0) is 15.0. The van der Waals surface area contributed by atoms with Gasteiger partial charge in [-0.3, -0.25) is 4.79 Å². The first kappa shape index (κ1) is 14.4. The van der Waals surface area contributed by atoms with Gasteiger partial charge in [-0.25, -0.2) is 0 Å². The largest absolute Gasteiger partial charge is 0.381 e. The third kappa shape index (κ3) is 2.64. The van der Waals surface area contributed by atoms with E-state index >= 15 is 0 Å². The van der Waals surface area contributed by atoms with Gasteiger partial charge in [0.15, 0.2) is 0 Å². The van der Waals surface area contributed by atoms with E-state index < -0.39 is 0 Å². The van der Waals surface area contributed by atoms with E-state index in [0.29, 0.717) is 18.1 Å². The lowest BCUT2D eigenvalue weighted by molar-refractivity contribution is -0.177. The number of hydrogen-bond donors (Lipinski definition) is 2. The van der Waals surface area contributed by atoms with Gasteiger partial charge in [-0.1, -0.05) is 19.9 Å². The molecule has 2 fully saturated rings. The molecule has 114 valence electrons. The van der Waals surface area contributed by atoms with Gasteiger partial charge in [0.25, 0.3) is 0 Å². The molecule has 0 bridgehead atoms. The fourth-order valence-electron chi connectivity index (χ4n) is 3.89. The third-order valence-electron chi connectivity index (χ3n) is 4.84. The number of amides is 1. The number of hydrogen-bond acceptors (Lipinski definition) is 3. The van der Waals surface area contributed by atoms with Gasteiger partial charge in [0, 0.05) is 42.3 Å². The number of carbonyl (C=O) groups is 1. The van der Waals surface area contributed by atoms with Gasteiger partial charge in [-0.2, -0.15) is 0 Å². The Morgan fingerprint density at radius 3 is 2.86 bits per heavy atom. The van der Waals surface area contributed by atoms with Crippen LogP contribution in [0.1, 0.15) is 33.6 Å². The molecule has 4 nitrogen and oxygen atoms in total. The Morgan fingerprint density at radius 2 is 2.10 bits per heavy atom. The van der Waals surface area contributed by atoms with Crippen LogP contribution in [0.2, 0.25) is 0 Å². The molecule has 4 heteroatoms. The Balaban J connectivity index is 1.73. The average molecular weight is 288 g/mol. The maximum atomic E-state index is 11.2. The number of fused-ring (bicyclic) bond motifs is 1. The van der Waals surface area contributed by atoms with Crippen LogP contribution in [0.15, 0.2) is 24.3 Å². The molecule has 0 aromatic heterocycles. The number of carbonyl (C=O) groups excluding carboxylic acids is 1. The van der Waals surface area contributed by atoms with Crippen molar-refractivity contribution in [2.45, 2.75) is 45.8 Å². The normalized spacial score (nSPS) is 30.0. The molecule has 1 aliphatic carbocycles. The summed E-state index contributed by atoms with van der Waals surface area (Å²) in [6.45, 7) is 6.97. The second kappa shape index (κ2) is 5.34. The molecule has 1 amide bonds. The van der Waals surface area contributed by atoms with Gasteiger partial charge < -0.3 is 15.4 Å². The van der Waals surface area contributed by atoms with E-state index in [4.69, 9.17) is 4.74 Å². The molecule has 3 atom stereocenters. The molecule has 1 aromatic carbocycles. The van der Waals surface area contributed by atoms with Gasteiger partial charge in [0.1, 0.15) is 0 Å². The number of ether oxygens (including phenoxy) is 1. The number of rotatable bonds is 3. The van der Waals surface area contributed by atoms with Crippen LogP contribution in [-0.2, 0) is 9.53 Å². The molecule has 1 heterocycles. The van der Waals surface area contributed by atoms with Crippen molar-refractivity contribution >= 4 is 17.3 Å². The number of benzene rings is 1. The van der Waals surface area contributed by atoms with Crippen molar-refractivity contribution in [2.24, 2.45) is 11.3 Å². The molecule has 3 unspecified atom stereocenters. The molecular formula is C17H24N2O2. The van der Waals surface area contributed by atoms with Gasteiger partial charge in [0.2, 0.25) is 5.91 Å². The lowest BCUT2D eigenvalue weighted by atomic mass is 9.55. The van der Waals surface area contributed by atoms with E-state index in [2.05, 4.69) is 30.5 Å². The van der Waals surface area contributed by atoms with Gasteiger partial charge in [0.05, 0.1) is 6.10 Å². The summed E-state index contributed by atoms with van der Waals surface area (Å²) in [5.41, 5.74) is 2.04. The monoisotopic (exact) mass is 288 g/mol. The fourth-order valence-corrected chi connectivity index (χ4v) is 3.89. The molecule has 1 saturated heterocycles. The summed E-state index contributed by atoms with van der Waals surface area (Å²) in [4.78, 5) is 11.2. The van der Waals surface area contributed by atoms with E-state index in [-0.39, 0.29) is 11.3 Å². The average Bonchev–Trinajstić information content (AvgIpc) is 2.44. The maximum absolute atomic E-state index is 11.2. The van der Waals surface area contributed by atoms with Crippen LogP contribution in [0.3, 0.4) is 0 Å². The lowest BCUT2D eigenvalue weighted by Crippen LogP contribution is -2.67. The second-order valence-electron chi connectivity index (χ2n) is 6.80. The Bertz CT molecular complexity index is 541. The first-order chi connectivity index (χ1) is 9.98. The smallest absolute Gasteiger partial charge is 0.221 e. The number of nitrogens with one attached hydrogen (secondary N) is 2. The second-order valence-corrected chi connectivity index (χ2v) is 6.80. The summed E-state index contributed by atoms with van der Waals surface area (Å²) < 4.78 is 5.94. The summed E-state index contributed by atoms with van der Waals surface area (Å²) in [6, 6.07) is 8.35. The first-order valence-corrected chi connectivity index (χ1v) is 7.74. The SMILES string of the molecule is CC(=O)Nc1cccc(NC2C3CCCOC3C2(C)C)c1. The topological polar surface area (TPSA) is 50.4 Å². The van der Waals surface area contributed by atoms with E-state index in [1.807, 2.05) is 18.2 Å².